The third kappa shape index (κ3) is 2.42. The zero-order valence-electron chi connectivity index (χ0n) is 7.12. The minimum atomic E-state index is -4.43. The van der Waals surface area contributed by atoms with Gasteiger partial charge in [0, 0.05) is 5.75 Å². The van der Waals surface area contributed by atoms with Crippen molar-refractivity contribution in [3.05, 3.63) is 35.4 Å². The molecule has 0 heterocycles. The first-order valence-corrected chi connectivity index (χ1v) is 4.55. The molecule has 1 N–H and O–H groups in total. The van der Waals surface area contributed by atoms with Gasteiger partial charge in [-0.3, -0.25) is 0 Å². The maximum atomic E-state index is 12.4. The van der Waals surface area contributed by atoms with Gasteiger partial charge in [0.25, 0.3) is 0 Å². The lowest BCUT2D eigenvalue weighted by Gasteiger charge is -2.15. The lowest BCUT2D eigenvalue weighted by atomic mass is 10.0. The summed E-state index contributed by atoms with van der Waals surface area (Å²) in [5, 5.41) is 9.30. The van der Waals surface area contributed by atoms with Gasteiger partial charge in [-0.05, 0) is 11.6 Å². The highest BCUT2D eigenvalue weighted by atomic mass is 32.1. The number of rotatable bonds is 2. The second kappa shape index (κ2) is 4.23. The Morgan fingerprint density at radius 3 is 2.36 bits per heavy atom. The minimum absolute atomic E-state index is 0.0346. The van der Waals surface area contributed by atoms with Crippen LogP contribution in [0.2, 0.25) is 0 Å². The number of benzene rings is 1. The highest BCUT2D eigenvalue weighted by molar-refractivity contribution is 7.80. The zero-order chi connectivity index (χ0) is 10.8. The Labute approximate surface area is 85.0 Å². The van der Waals surface area contributed by atoms with Crippen molar-refractivity contribution in [3.8, 4) is 0 Å². The molecule has 0 fully saturated rings. The largest absolute Gasteiger partial charge is 0.416 e. The molecule has 1 aromatic rings. The summed E-state index contributed by atoms with van der Waals surface area (Å²) in [6, 6.07) is 4.94. The van der Waals surface area contributed by atoms with Crippen molar-refractivity contribution in [1.82, 2.24) is 0 Å². The average Bonchev–Trinajstić information content (AvgIpc) is 2.15. The van der Waals surface area contributed by atoms with Gasteiger partial charge in [0.2, 0.25) is 0 Å². The van der Waals surface area contributed by atoms with E-state index in [1.165, 1.54) is 18.2 Å². The molecule has 0 saturated carbocycles. The lowest BCUT2D eigenvalue weighted by Crippen LogP contribution is -2.12. The fourth-order valence-electron chi connectivity index (χ4n) is 1.14. The third-order valence-electron chi connectivity index (χ3n) is 1.80. The molecule has 14 heavy (non-hydrogen) atoms. The van der Waals surface area contributed by atoms with Crippen LogP contribution in [0.1, 0.15) is 17.2 Å². The van der Waals surface area contributed by atoms with Crippen molar-refractivity contribution < 1.29 is 18.3 Å². The van der Waals surface area contributed by atoms with E-state index in [0.717, 1.165) is 6.07 Å². The van der Waals surface area contributed by atoms with Crippen LogP contribution in [-0.2, 0) is 6.18 Å². The van der Waals surface area contributed by atoms with Gasteiger partial charge in [0.1, 0.15) is 0 Å². The van der Waals surface area contributed by atoms with E-state index in [2.05, 4.69) is 12.6 Å². The van der Waals surface area contributed by atoms with Gasteiger partial charge < -0.3 is 5.11 Å². The van der Waals surface area contributed by atoms with Gasteiger partial charge in [-0.1, -0.05) is 18.2 Å². The van der Waals surface area contributed by atoms with Crippen molar-refractivity contribution in [1.29, 1.82) is 0 Å². The molecule has 0 spiro atoms. The molecule has 0 aliphatic heterocycles. The van der Waals surface area contributed by atoms with Crippen molar-refractivity contribution >= 4 is 12.6 Å². The van der Waals surface area contributed by atoms with E-state index in [9.17, 15) is 18.3 Å². The van der Waals surface area contributed by atoms with Crippen LogP contribution in [0.4, 0.5) is 13.2 Å². The highest BCUT2D eigenvalue weighted by Crippen LogP contribution is 2.34. The summed E-state index contributed by atoms with van der Waals surface area (Å²) >= 11 is 3.75. The van der Waals surface area contributed by atoms with Crippen LogP contribution in [0, 0.1) is 0 Å². The average molecular weight is 222 g/mol. The van der Waals surface area contributed by atoms with E-state index in [0.29, 0.717) is 0 Å². The lowest BCUT2D eigenvalue weighted by molar-refractivity contribution is -0.139. The number of hydrogen-bond acceptors (Lipinski definition) is 2. The molecule has 0 aliphatic carbocycles. The normalized spacial score (nSPS) is 14.1. The molecule has 0 saturated heterocycles. The Balaban J connectivity index is 3.16. The zero-order valence-corrected chi connectivity index (χ0v) is 8.02. The molecular weight excluding hydrogens is 213 g/mol. The molecule has 1 atom stereocenters. The number of hydrogen-bond donors (Lipinski definition) is 2. The summed E-state index contributed by atoms with van der Waals surface area (Å²) in [7, 11) is 0. The summed E-state index contributed by atoms with van der Waals surface area (Å²) in [4.78, 5) is 0. The Morgan fingerprint density at radius 1 is 1.29 bits per heavy atom. The molecule has 1 nitrogen and oxygen atoms in total. The molecule has 0 radical (unpaired) electrons. The van der Waals surface area contributed by atoms with Crippen LogP contribution in [-0.4, -0.2) is 10.9 Å². The summed E-state index contributed by atoms with van der Waals surface area (Å²) in [5.41, 5.74) is -0.934. The van der Waals surface area contributed by atoms with E-state index in [1.807, 2.05) is 0 Å². The van der Waals surface area contributed by atoms with E-state index in [4.69, 9.17) is 0 Å². The Kier molecular flexibility index (Phi) is 3.44. The van der Waals surface area contributed by atoms with Crippen LogP contribution < -0.4 is 0 Å². The first kappa shape index (κ1) is 11.4. The number of aliphatic hydroxyl groups is 1. The SMILES string of the molecule is OC(CS)c1ccccc1C(F)(F)F. The number of thiol groups is 1. The smallest absolute Gasteiger partial charge is 0.388 e. The highest BCUT2D eigenvalue weighted by Gasteiger charge is 2.34. The fourth-order valence-corrected chi connectivity index (χ4v) is 1.34. The summed E-state index contributed by atoms with van der Waals surface area (Å²) in [6.07, 6.45) is -5.61. The minimum Gasteiger partial charge on any atom is -0.388 e. The summed E-state index contributed by atoms with van der Waals surface area (Å²) in [5.74, 6) is -0.0346. The topological polar surface area (TPSA) is 20.2 Å². The van der Waals surface area contributed by atoms with Crippen LogP contribution in [0.15, 0.2) is 24.3 Å². The summed E-state index contributed by atoms with van der Waals surface area (Å²) in [6.45, 7) is 0. The Morgan fingerprint density at radius 2 is 1.86 bits per heavy atom. The number of alkyl halides is 3. The van der Waals surface area contributed by atoms with Crippen LogP contribution >= 0.6 is 12.6 Å². The molecule has 0 amide bonds. The van der Waals surface area contributed by atoms with Crippen LogP contribution in [0.25, 0.3) is 0 Å². The second-order valence-electron chi connectivity index (χ2n) is 2.78. The van der Waals surface area contributed by atoms with Gasteiger partial charge in [0.05, 0.1) is 11.7 Å². The number of aliphatic hydroxyl groups excluding tert-OH is 1. The first-order chi connectivity index (χ1) is 6.46. The maximum absolute atomic E-state index is 12.4. The standard InChI is InChI=1S/C9H9F3OS/c10-9(11,12)7-4-2-1-3-6(7)8(13)5-14/h1-4,8,13-14H,5H2. The van der Waals surface area contributed by atoms with Gasteiger partial charge in [-0.25, -0.2) is 0 Å². The molecule has 0 bridgehead atoms. The van der Waals surface area contributed by atoms with Gasteiger partial charge >= 0.3 is 6.18 Å². The Bertz CT molecular complexity index is 311. The van der Waals surface area contributed by atoms with Crippen molar-refractivity contribution in [2.75, 3.05) is 5.75 Å². The van der Waals surface area contributed by atoms with E-state index in [-0.39, 0.29) is 11.3 Å². The second-order valence-corrected chi connectivity index (χ2v) is 3.15. The van der Waals surface area contributed by atoms with Gasteiger partial charge in [-0.15, -0.1) is 0 Å². The molecular formula is C9H9F3OS. The van der Waals surface area contributed by atoms with Crippen molar-refractivity contribution in [2.24, 2.45) is 0 Å². The molecule has 5 heteroatoms. The number of halogens is 3. The predicted molar refractivity (Wildman–Crippen MR) is 50.3 cm³/mol. The molecule has 1 unspecified atom stereocenters. The van der Waals surface area contributed by atoms with Crippen LogP contribution in [0.5, 0.6) is 0 Å². The van der Waals surface area contributed by atoms with Gasteiger partial charge in [0.15, 0.2) is 0 Å². The molecule has 0 aliphatic rings. The molecule has 0 aromatic heterocycles. The summed E-state index contributed by atoms with van der Waals surface area (Å²) < 4.78 is 37.2. The van der Waals surface area contributed by atoms with Crippen molar-refractivity contribution in [2.45, 2.75) is 12.3 Å². The molecule has 1 rings (SSSR count). The molecule has 78 valence electrons. The van der Waals surface area contributed by atoms with Gasteiger partial charge in [-0.2, -0.15) is 25.8 Å². The van der Waals surface area contributed by atoms with E-state index >= 15 is 0 Å². The van der Waals surface area contributed by atoms with E-state index < -0.39 is 17.8 Å². The van der Waals surface area contributed by atoms with Crippen LogP contribution in [0.3, 0.4) is 0 Å². The first-order valence-electron chi connectivity index (χ1n) is 3.92. The van der Waals surface area contributed by atoms with Crippen molar-refractivity contribution in [3.63, 3.8) is 0 Å². The Hall–Kier alpha value is -0.680. The molecule has 1 aromatic carbocycles. The van der Waals surface area contributed by atoms with E-state index in [1.54, 1.807) is 0 Å². The quantitative estimate of drug-likeness (QED) is 0.737. The fraction of sp³-hybridized carbons (Fsp3) is 0.333. The third-order valence-corrected chi connectivity index (χ3v) is 2.14. The maximum Gasteiger partial charge on any atom is 0.416 e. The monoisotopic (exact) mass is 222 g/mol. The predicted octanol–water partition coefficient (Wildman–Crippen LogP) is 2.67.